The molecule has 2 unspecified atom stereocenters. The topological polar surface area (TPSA) is 21.3 Å². The molecule has 1 fully saturated rings. The van der Waals surface area contributed by atoms with Crippen LogP contribution in [0.3, 0.4) is 0 Å². The van der Waals surface area contributed by atoms with Crippen LogP contribution in [-0.2, 0) is 0 Å². The van der Waals surface area contributed by atoms with E-state index in [-0.39, 0.29) is 0 Å². The summed E-state index contributed by atoms with van der Waals surface area (Å²) >= 11 is 0. The standard InChI is InChI=1S/C16H25NO/c1-4-11-18-16-9-7-15(8-10-16)13(3)17-12(2)14-5-6-14/h7-10,12-14,17H,4-6,11H2,1-3H3. The first-order chi connectivity index (χ1) is 8.70. The molecule has 2 atom stereocenters. The first kappa shape index (κ1) is 13.4. The smallest absolute Gasteiger partial charge is 0.119 e. The van der Waals surface area contributed by atoms with E-state index < -0.39 is 0 Å². The molecule has 1 aromatic rings. The summed E-state index contributed by atoms with van der Waals surface area (Å²) in [6.45, 7) is 7.46. The molecule has 0 aliphatic heterocycles. The lowest BCUT2D eigenvalue weighted by Gasteiger charge is -2.20. The second kappa shape index (κ2) is 6.24. The minimum Gasteiger partial charge on any atom is -0.494 e. The molecule has 2 nitrogen and oxygen atoms in total. The largest absolute Gasteiger partial charge is 0.494 e. The lowest BCUT2D eigenvalue weighted by molar-refractivity contribution is 0.317. The van der Waals surface area contributed by atoms with Crippen molar-refractivity contribution in [2.24, 2.45) is 5.92 Å². The normalized spacial score (nSPS) is 18.4. The highest BCUT2D eigenvalue weighted by Gasteiger charge is 2.28. The van der Waals surface area contributed by atoms with Gasteiger partial charge in [0.25, 0.3) is 0 Å². The van der Waals surface area contributed by atoms with E-state index in [0.717, 1.165) is 24.7 Å². The molecule has 0 amide bonds. The number of nitrogens with one attached hydrogen (secondary N) is 1. The molecule has 18 heavy (non-hydrogen) atoms. The van der Waals surface area contributed by atoms with Gasteiger partial charge in [-0.25, -0.2) is 0 Å². The first-order valence-corrected chi connectivity index (χ1v) is 7.19. The summed E-state index contributed by atoms with van der Waals surface area (Å²) in [5, 5.41) is 3.68. The van der Waals surface area contributed by atoms with Gasteiger partial charge in [-0.15, -0.1) is 0 Å². The number of hydrogen-bond acceptors (Lipinski definition) is 2. The summed E-state index contributed by atoms with van der Waals surface area (Å²) in [6, 6.07) is 9.54. The fourth-order valence-electron chi connectivity index (χ4n) is 2.30. The maximum absolute atomic E-state index is 5.60. The third-order valence-electron chi connectivity index (χ3n) is 3.69. The summed E-state index contributed by atoms with van der Waals surface area (Å²) in [4.78, 5) is 0. The lowest BCUT2D eigenvalue weighted by Crippen LogP contribution is -2.30. The maximum atomic E-state index is 5.60. The molecule has 1 aliphatic carbocycles. The Balaban J connectivity index is 1.87. The van der Waals surface area contributed by atoms with Crippen molar-refractivity contribution < 1.29 is 4.74 Å². The van der Waals surface area contributed by atoms with Gasteiger partial charge in [0.2, 0.25) is 0 Å². The van der Waals surface area contributed by atoms with E-state index in [1.165, 1.54) is 18.4 Å². The highest BCUT2D eigenvalue weighted by Crippen LogP contribution is 2.33. The molecule has 1 saturated carbocycles. The molecule has 100 valence electrons. The zero-order valence-corrected chi connectivity index (χ0v) is 11.8. The van der Waals surface area contributed by atoms with E-state index in [1.54, 1.807) is 0 Å². The second-order valence-corrected chi connectivity index (χ2v) is 5.43. The Morgan fingerprint density at radius 3 is 2.44 bits per heavy atom. The quantitative estimate of drug-likeness (QED) is 0.788. The predicted molar refractivity (Wildman–Crippen MR) is 76.0 cm³/mol. The van der Waals surface area contributed by atoms with Gasteiger partial charge in [0.15, 0.2) is 0 Å². The van der Waals surface area contributed by atoms with Crippen molar-refractivity contribution in [2.75, 3.05) is 6.61 Å². The van der Waals surface area contributed by atoms with Crippen LogP contribution in [0.15, 0.2) is 24.3 Å². The van der Waals surface area contributed by atoms with Gasteiger partial charge in [0, 0.05) is 12.1 Å². The van der Waals surface area contributed by atoms with Crippen molar-refractivity contribution in [3.05, 3.63) is 29.8 Å². The second-order valence-electron chi connectivity index (χ2n) is 5.43. The van der Waals surface area contributed by atoms with E-state index in [0.29, 0.717) is 12.1 Å². The Morgan fingerprint density at radius 2 is 1.89 bits per heavy atom. The molecule has 0 bridgehead atoms. The van der Waals surface area contributed by atoms with Crippen LogP contribution in [-0.4, -0.2) is 12.6 Å². The third-order valence-corrected chi connectivity index (χ3v) is 3.69. The van der Waals surface area contributed by atoms with E-state index in [2.05, 4.69) is 50.4 Å². The van der Waals surface area contributed by atoms with Crippen LogP contribution < -0.4 is 10.1 Å². The molecule has 0 saturated heterocycles. The van der Waals surface area contributed by atoms with E-state index in [1.807, 2.05) is 0 Å². The van der Waals surface area contributed by atoms with Gasteiger partial charge in [0.05, 0.1) is 6.61 Å². The van der Waals surface area contributed by atoms with E-state index in [9.17, 15) is 0 Å². The highest BCUT2D eigenvalue weighted by atomic mass is 16.5. The fraction of sp³-hybridized carbons (Fsp3) is 0.625. The number of rotatable bonds is 7. The van der Waals surface area contributed by atoms with Crippen molar-refractivity contribution >= 4 is 0 Å². The van der Waals surface area contributed by atoms with Crippen molar-refractivity contribution in [2.45, 2.75) is 52.1 Å². The first-order valence-electron chi connectivity index (χ1n) is 7.19. The third kappa shape index (κ3) is 3.74. The average molecular weight is 247 g/mol. The molecule has 0 spiro atoms. The van der Waals surface area contributed by atoms with Crippen LogP contribution in [0.5, 0.6) is 5.75 Å². The Hall–Kier alpha value is -1.02. The molecule has 1 aliphatic rings. The van der Waals surface area contributed by atoms with Crippen molar-refractivity contribution in [1.82, 2.24) is 5.32 Å². The zero-order valence-electron chi connectivity index (χ0n) is 11.8. The molecule has 2 heteroatoms. The van der Waals surface area contributed by atoms with Gasteiger partial charge in [-0.2, -0.15) is 0 Å². The minimum atomic E-state index is 0.417. The van der Waals surface area contributed by atoms with Crippen molar-refractivity contribution in [3.8, 4) is 5.75 Å². The Kier molecular flexibility index (Phi) is 4.65. The van der Waals surface area contributed by atoms with Gasteiger partial charge in [0.1, 0.15) is 5.75 Å². The number of hydrogen-bond donors (Lipinski definition) is 1. The Bertz CT molecular complexity index is 356. The van der Waals surface area contributed by atoms with Crippen LogP contribution in [0.1, 0.15) is 51.6 Å². The Morgan fingerprint density at radius 1 is 1.22 bits per heavy atom. The maximum Gasteiger partial charge on any atom is 0.119 e. The van der Waals surface area contributed by atoms with Gasteiger partial charge < -0.3 is 10.1 Å². The summed E-state index contributed by atoms with van der Waals surface area (Å²) in [5.74, 6) is 1.88. The van der Waals surface area contributed by atoms with Crippen molar-refractivity contribution in [1.29, 1.82) is 0 Å². The highest BCUT2D eigenvalue weighted by molar-refractivity contribution is 5.29. The van der Waals surface area contributed by atoms with Crippen LogP contribution >= 0.6 is 0 Å². The molecule has 2 rings (SSSR count). The molecular formula is C16H25NO. The summed E-state index contributed by atoms with van der Waals surface area (Å²) in [6.07, 6.45) is 3.84. The summed E-state index contributed by atoms with van der Waals surface area (Å²) in [5.41, 5.74) is 1.34. The molecule has 0 radical (unpaired) electrons. The predicted octanol–water partition coefficient (Wildman–Crippen LogP) is 3.92. The number of benzene rings is 1. The number of ether oxygens (including phenoxy) is 1. The molecule has 0 aromatic heterocycles. The summed E-state index contributed by atoms with van der Waals surface area (Å²) in [7, 11) is 0. The minimum absolute atomic E-state index is 0.417. The van der Waals surface area contributed by atoms with Gasteiger partial charge in [-0.05, 0) is 56.7 Å². The van der Waals surface area contributed by atoms with Crippen LogP contribution in [0, 0.1) is 5.92 Å². The monoisotopic (exact) mass is 247 g/mol. The van der Waals surface area contributed by atoms with Crippen LogP contribution in [0.25, 0.3) is 0 Å². The Labute approximate surface area is 111 Å². The average Bonchev–Trinajstić information content (AvgIpc) is 3.21. The van der Waals surface area contributed by atoms with Gasteiger partial charge in [-0.1, -0.05) is 19.1 Å². The van der Waals surface area contributed by atoms with Gasteiger partial charge >= 0.3 is 0 Å². The van der Waals surface area contributed by atoms with Crippen LogP contribution in [0.2, 0.25) is 0 Å². The molecule has 1 aromatic carbocycles. The van der Waals surface area contributed by atoms with E-state index >= 15 is 0 Å². The fourth-order valence-corrected chi connectivity index (χ4v) is 2.30. The van der Waals surface area contributed by atoms with E-state index in [4.69, 9.17) is 4.74 Å². The van der Waals surface area contributed by atoms with Crippen molar-refractivity contribution in [3.63, 3.8) is 0 Å². The zero-order chi connectivity index (χ0) is 13.0. The SMILES string of the molecule is CCCOc1ccc(C(C)NC(C)C2CC2)cc1. The molecular weight excluding hydrogens is 222 g/mol. The van der Waals surface area contributed by atoms with Gasteiger partial charge in [-0.3, -0.25) is 0 Å². The lowest BCUT2D eigenvalue weighted by atomic mass is 10.1. The molecule has 1 N–H and O–H groups in total. The molecule has 0 heterocycles. The van der Waals surface area contributed by atoms with Crippen LogP contribution in [0.4, 0.5) is 0 Å². The summed E-state index contributed by atoms with van der Waals surface area (Å²) < 4.78 is 5.60.